The van der Waals surface area contributed by atoms with Gasteiger partial charge < -0.3 is 0 Å². The molecule has 1 aromatic heterocycles. The van der Waals surface area contributed by atoms with Crippen LogP contribution in [0.3, 0.4) is 0 Å². The summed E-state index contributed by atoms with van der Waals surface area (Å²) in [6, 6.07) is 3.22. The zero-order chi connectivity index (χ0) is 8.32. The predicted octanol–water partition coefficient (Wildman–Crippen LogP) is 1.53. The van der Waals surface area contributed by atoms with Crippen molar-refractivity contribution in [1.82, 2.24) is 0 Å². The van der Waals surface area contributed by atoms with Crippen molar-refractivity contribution in [1.29, 1.82) is 0 Å². The molecule has 1 rings (SSSR count). The Morgan fingerprint density at radius 3 is 2.82 bits per heavy atom. The van der Waals surface area contributed by atoms with Crippen molar-refractivity contribution in [2.45, 2.75) is 11.1 Å². The van der Waals surface area contributed by atoms with E-state index in [1.807, 2.05) is 0 Å². The lowest BCUT2D eigenvalue weighted by Crippen LogP contribution is -1.92. The maximum absolute atomic E-state index is 11.1. The fraction of sp³-hybridized carbons (Fsp3) is 0.167. The molecule has 0 unspecified atom stereocenters. The summed E-state index contributed by atoms with van der Waals surface area (Å²) in [5.41, 5.74) is 0. The Bertz CT molecular complexity index is 337. The molecular formula is C6H7NO2S2. The first-order valence-corrected chi connectivity index (χ1v) is 5.27. The normalized spacial score (nSPS) is 12.5. The zero-order valence-corrected chi connectivity index (χ0v) is 7.52. The van der Waals surface area contributed by atoms with Gasteiger partial charge in [0.15, 0.2) is 0 Å². The lowest BCUT2D eigenvalue weighted by Gasteiger charge is -1.89. The minimum absolute atomic E-state index is 0.288. The van der Waals surface area contributed by atoms with Crippen LogP contribution in [0.5, 0.6) is 0 Å². The van der Waals surface area contributed by atoms with E-state index in [0.29, 0.717) is 0 Å². The number of hydrogen-bond donors (Lipinski definition) is 0. The molecule has 0 saturated carbocycles. The number of thiophene rings is 1. The molecule has 0 bridgehead atoms. The van der Waals surface area contributed by atoms with Crippen molar-refractivity contribution in [2.75, 3.05) is 0 Å². The Labute approximate surface area is 69.5 Å². The van der Waals surface area contributed by atoms with Crippen molar-refractivity contribution in [3.8, 4) is 0 Å². The topological polar surface area (TPSA) is 46.5 Å². The van der Waals surface area contributed by atoms with Crippen LogP contribution in [0.25, 0.3) is 0 Å². The Morgan fingerprint density at radius 1 is 1.64 bits per heavy atom. The maximum atomic E-state index is 11.1. The van der Waals surface area contributed by atoms with Gasteiger partial charge in [-0.15, -0.1) is 11.3 Å². The largest absolute Gasteiger partial charge is 0.291 e. The highest BCUT2D eigenvalue weighted by molar-refractivity contribution is 7.92. The number of rotatable bonds is 2. The fourth-order valence-corrected chi connectivity index (χ4v) is 2.46. The van der Waals surface area contributed by atoms with E-state index in [9.17, 15) is 8.42 Å². The van der Waals surface area contributed by atoms with Crippen molar-refractivity contribution in [3.63, 3.8) is 0 Å². The van der Waals surface area contributed by atoms with Gasteiger partial charge in [-0.1, -0.05) is 6.07 Å². The standard InChI is InChI=1S/C6H7NO2S2/c1-2-7-11(8,9)6-4-3-5-10-6/h2-5H,1H3. The Balaban J connectivity index is 3.11. The van der Waals surface area contributed by atoms with E-state index in [0.717, 1.165) is 0 Å². The SMILES string of the molecule is CC=NS(=O)(=O)c1cccs1. The summed E-state index contributed by atoms with van der Waals surface area (Å²) in [4.78, 5) is 0. The number of nitrogens with zero attached hydrogens (tertiary/aromatic N) is 1. The monoisotopic (exact) mass is 189 g/mol. The summed E-state index contributed by atoms with van der Waals surface area (Å²) < 4.78 is 25.9. The van der Waals surface area contributed by atoms with Gasteiger partial charge >= 0.3 is 0 Å². The third-order valence-corrected chi connectivity index (χ3v) is 3.71. The molecule has 0 atom stereocenters. The quantitative estimate of drug-likeness (QED) is 0.662. The third kappa shape index (κ3) is 1.87. The summed E-state index contributed by atoms with van der Waals surface area (Å²) in [7, 11) is -3.38. The lowest BCUT2D eigenvalue weighted by atomic mass is 10.7. The van der Waals surface area contributed by atoms with Gasteiger partial charge in [-0.05, 0) is 18.4 Å². The van der Waals surface area contributed by atoms with E-state index in [1.54, 1.807) is 18.4 Å². The fourth-order valence-electron chi connectivity index (χ4n) is 0.601. The van der Waals surface area contributed by atoms with Crippen molar-refractivity contribution >= 4 is 27.6 Å². The van der Waals surface area contributed by atoms with Crippen LogP contribution in [0.15, 0.2) is 26.1 Å². The van der Waals surface area contributed by atoms with Gasteiger partial charge in [0.05, 0.1) is 0 Å². The van der Waals surface area contributed by atoms with E-state index in [2.05, 4.69) is 4.40 Å². The van der Waals surface area contributed by atoms with Gasteiger partial charge in [0.1, 0.15) is 4.21 Å². The first-order valence-electron chi connectivity index (χ1n) is 2.95. The van der Waals surface area contributed by atoms with E-state index in [1.165, 1.54) is 23.6 Å². The molecule has 0 amide bonds. The molecule has 0 spiro atoms. The zero-order valence-electron chi connectivity index (χ0n) is 5.89. The first-order chi connectivity index (χ1) is 5.17. The molecule has 0 radical (unpaired) electrons. The molecule has 0 aromatic carbocycles. The van der Waals surface area contributed by atoms with E-state index < -0.39 is 10.0 Å². The predicted molar refractivity (Wildman–Crippen MR) is 45.7 cm³/mol. The highest BCUT2D eigenvalue weighted by atomic mass is 32.2. The lowest BCUT2D eigenvalue weighted by molar-refractivity contribution is 0.600. The average Bonchev–Trinajstić information content (AvgIpc) is 2.37. The van der Waals surface area contributed by atoms with E-state index >= 15 is 0 Å². The minimum Gasteiger partial charge on any atom is -0.198 e. The van der Waals surface area contributed by atoms with Crippen LogP contribution in [-0.2, 0) is 10.0 Å². The highest BCUT2D eigenvalue weighted by Crippen LogP contribution is 2.17. The third-order valence-electron chi connectivity index (χ3n) is 0.993. The van der Waals surface area contributed by atoms with Crippen LogP contribution < -0.4 is 0 Å². The van der Waals surface area contributed by atoms with Crippen LogP contribution in [0.1, 0.15) is 6.92 Å². The molecule has 1 heterocycles. The smallest absolute Gasteiger partial charge is 0.198 e. The summed E-state index contributed by atoms with van der Waals surface area (Å²) in [6.45, 7) is 1.57. The second-order valence-corrected chi connectivity index (χ2v) is 4.58. The van der Waals surface area contributed by atoms with E-state index in [4.69, 9.17) is 0 Å². The molecule has 0 aliphatic rings. The number of hydrogen-bond acceptors (Lipinski definition) is 3. The van der Waals surface area contributed by atoms with Crippen LogP contribution in [0, 0.1) is 0 Å². The van der Waals surface area contributed by atoms with Crippen LogP contribution in [0.4, 0.5) is 0 Å². The molecule has 0 saturated heterocycles. The van der Waals surface area contributed by atoms with Gasteiger partial charge in [-0.2, -0.15) is 12.8 Å². The molecular weight excluding hydrogens is 182 g/mol. The summed E-state index contributed by atoms with van der Waals surface area (Å²) in [5.74, 6) is 0. The van der Waals surface area contributed by atoms with Gasteiger partial charge in [-0.3, -0.25) is 0 Å². The number of sulfonamides is 1. The Morgan fingerprint density at radius 2 is 2.36 bits per heavy atom. The second kappa shape index (κ2) is 3.15. The summed E-state index contributed by atoms with van der Waals surface area (Å²) in [6.07, 6.45) is 1.27. The van der Waals surface area contributed by atoms with Crippen LogP contribution in [-0.4, -0.2) is 14.6 Å². The maximum Gasteiger partial charge on any atom is 0.291 e. The molecule has 11 heavy (non-hydrogen) atoms. The molecule has 5 heteroatoms. The Kier molecular flexibility index (Phi) is 2.41. The molecule has 3 nitrogen and oxygen atoms in total. The van der Waals surface area contributed by atoms with Crippen molar-refractivity contribution in [3.05, 3.63) is 17.5 Å². The van der Waals surface area contributed by atoms with Crippen molar-refractivity contribution in [2.24, 2.45) is 4.40 Å². The molecule has 0 aliphatic heterocycles. The van der Waals surface area contributed by atoms with Gasteiger partial charge in [-0.25, -0.2) is 0 Å². The second-order valence-electron chi connectivity index (χ2n) is 1.77. The van der Waals surface area contributed by atoms with Crippen LogP contribution in [0.2, 0.25) is 0 Å². The molecule has 1 aromatic rings. The molecule has 0 fully saturated rings. The van der Waals surface area contributed by atoms with Gasteiger partial charge in [0.2, 0.25) is 0 Å². The minimum atomic E-state index is -3.38. The van der Waals surface area contributed by atoms with Gasteiger partial charge in [0.25, 0.3) is 10.0 Å². The molecule has 0 N–H and O–H groups in total. The average molecular weight is 189 g/mol. The van der Waals surface area contributed by atoms with Crippen LogP contribution >= 0.6 is 11.3 Å². The molecule has 0 aliphatic carbocycles. The van der Waals surface area contributed by atoms with Crippen molar-refractivity contribution < 1.29 is 8.42 Å². The van der Waals surface area contributed by atoms with E-state index in [-0.39, 0.29) is 4.21 Å². The molecule has 60 valence electrons. The summed E-state index contributed by atoms with van der Waals surface area (Å²) in [5, 5.41) is 1.71. The highest BCUT2D eigenvalue weighted by Gasteiger charge is 2.10. The van der Waals surface area contributed by atoms with Gasteiger partial charge in [0, 0.05) is 6.21 Å². The summed E-state index contributed by atoms with van der Waals surface area (Å²) >= 11 is 1.17. The first kappa shape index (κ1) is 8.42. The Hall–Kier alpha value is -0.680.